The normalized spacial score (nSPS) is 11.5. The molecule has 0 bridgehead atoms. The van der Waals surface area contributed by atoms with Gasteiger partial charge in [-0.15, -0.1) is 0 Å². The molecule has 0 saturated carbocycles. The van der Waals surface area contributed by atoms with Crippen LogP contribution in [-0.4, -0.2) is 16.7 Å². The lowest BCUT2D eigenvalue weighted by Gasteiger charge is -2.18. The summed E-state index contributed by atoms with van der Waals surface area (Å²) in [6.07, 6.45) is -1.23. The van der Waals surface area contributed by atoms with E-state index in [1.165, 1.54) is 12.1 Å². The largest absolute Gasteiger partial charge is 0.445 e. The minimum Gasteiger partial charge on any atom is -0.445 e. The van der Waals surface area contributed by atoms with E-state index in [0.29, 0.717) is 16.1 Å². The molecule has 8 heteroatoms. The van der Waals surface area contributed by atoms with Crippen LogP contribution in [0.5, 0.6) is 0 Å². The first-order valence-electron chi connectivity index (χ1n) is 8.36. The van der Waals surface area contributed by atoms with Crippen molar-refractivity contribution in [2.24, 2.45) is 0 Å². The number of hydrogen-bond acceptors (Lipinski definition) is 5. The third-order valence-corrected chi connectivity index (χ3v) is 5.00. The lowest BCUT2D eigenvalue weighted by Crippen LogP contribution is -2.20. The van der Waals surface area contributed by atoms with Crippen LogP contribution in [-0.2, 0) is 4.74 Å². The van der Waals surface area contributed by atoms with Crippen molar-refractivity contribution in [1.82, 2.24) is 0 Å². The van der Waals surface area contributed by atoms with Gasteiger partial charge in [0.15, 0.2) is 6.10 Å². The van der Waals surface area contributed by atoms with Gasteiger partial charge >= 0.3 is 5.97 Å². The van der Waals surface area contributed by atoms with Crippen LogP contribution >= 0.6 is 27.5 Å². The molecule has 0 N–H and O–H groups in total. The molecule has 0 saturated heterocycles. The maximum absolute atomic E-state index is 13.0. The van der Waals surface area contributed by atoms with E-state index in [-0.39, 0.29) is 15.7 Å². The highest BCUT2D eigenvalue weighted by molar-refractivity contribution is 9.10. The number of ether oxygens (including phenoxy) is 1. The van der Waals surface area contributed by atoms with Crippen molar-refractivity contribution < 1.29 is 19.2 Å². The van der Waals surface area contributed by atoms with Crippen LogP contribution in [0.25, 0.3) is 0 Å². The second-order valence-corrected chi connectivity index (χ2v) is 7.28. The number of benzene rings is 3. The predicted molar refractivity (Wildman–Crippen MR) is 111 cm³/mol. The van der Waals surface area contributed by atoms with E-state index in [1.54, 1.807) is 54.6 Å². The molecule has 0 aliphatic heterocycles. The summed E-state index contributed by atoms with van der Waals surface area (Å²) in [5, 5.41) is 11.6. The molecule has 0 spiro atoms. The molecule has 6 nitrogen and oxygen atoms in total. The minimum absolute atomic E-state index is 0.0419. The van der Waals surface area contributed by atoms with Crippen LogP contribution in [0, 0.1) is 10.1 Å². The average molecular weight is 475 g/mol. The van der Waals surface area contributed by atoms with Crippen LogP contribution in [0.15, 0.2) is 77.3 Å². The summed E-state index contributed by atoms with van der Waals surface area (Å²) in [4.78, 5) is 36.2. The van der Waals surface area contributed by atoms with Crippen molar-refractivity contribution in [3.05, 3.63) is 109 Å². The van der Waals surface area contributed by atoms with Gasteiger partial charge in [-0.1, -0.05) is 54.1 Å². The molecule has 146 valence electrons. The molecule has 0 aliphatic carbocycles. The van der Waals surface area contributed by atoms with Crippen LogP contribution in [0.4, 0.5) is 5.69 Å². The average Bonchev–Trinajstić information content (AvgIpc) is 2.73. The summed E-state index contributed by atoms with van der Waals surface area (Å²) < 4.78 is 5.71. The number of rotatable bonds is 6. The summed E-state index contributed by atoms with van der Waals surface area (Å²) >= 11 is 8.98. The smallest absolute Gasteiger partial charge is 0.339 e. The molecule has 0 radical (unpaired) electrons. The fourth-order valence-electron chi connectivity index (χ4n) is 2.62. The molecular formula is C21H13BrClNO5. The first kappa shape index (κ1) is 20.7. The van der Waals surface area contributed by atoms with Gasteiger partial charge in [-0.25, -0.2) is 4.79 Å². The quantitative estimate of drug-likeness (QED) is 0.195. The number of halogens is 2. The zero-order valence-electron chi connectivity index (χ0n) is 14.7. The van der Waals surface area contributed by atoms with Crippen LogP contribution in [0.3, 0.4) is 0 Å². The maximum Gasteiger partial charge on any atom is 0.339 e. The van der Waals surface area contributed by atoms with Crippen LogP contribution in [0.1, 0.15) is 32.4 Å². The fraction of sp³-hybridized carbons (Fsp3) is 0.0476. The van der Waals surface area contributed by atoms with Gasteiger partial charge in [0.05, 0.1) is 15.0 Å². The Bertz CT molecular complexity index is 1070. The van der Waals surface area contributed by atoms with E-state index in [0.717, 1.165) is 6.07 Å². The number of Topliss-reactive ketones (excluding diaryl/α,β-unsaturated/α-hetero) is 1. The van der Waals surface area contributed by atoms with Crippen LogP contribution < -0.4 is 0 Å². The Hall–Kier alpha value is -3.03. The van der Waals surface area contributed by atoms with E-state index in [2.05, 4.69) is 15.9 Å². The molecule has 29 heavy (non-hydrogen) atoms. The highest BCUT2D eigenvalue weighted by atomic mass is 79.9. The van der Waals surface area contributed by atoms with Gasteiger partial charge in [-0.2, -0.15) is 0 Å². The summed E-state index contributed by atoms with van der Waals surface area (Å²) in [7, 11) is 0. The van der Waals surface area contributed by atoms with Crippen molar-refractivity contribution in [1.29, 1.82) is 0 Å². The zero-order valence-corrected chi connectivity index (χ0v) is 17.1. The molecule has 0 aromatic heterocycles. The fourth-order valence-corrected chi connectivity index (χ4v) is 3.14. The summed E-state index contributed by atoms with van der Waals surface area (Å²) in [5.74, 6) is -1.28. The van der Waals surface area contributed by atoms with Gasteiger partial charge in [0.25, 0.3) is 5.69 Å². The molecule has 0 heterocycles. The van der Waals surface area contributed by atoms with E-state index < -0.39 is 22.8 Å². The Balaban J connectivity index is 1.95. The number of nitro benzene ring substituents is 1. The molecule has 0 amide bonds. The van der Waals surface area contributed by atoms with Crippen molar-refractivity contribution >= 4 is 45.0 Å². The Morgan fingerprint density at radius 2 is 1.62 bits per heavy atom. The molecule has 1 atom stereocenters. The molecule has 0 unspecified atom stereocenters. The van der Waals surface area contributed by atoms with Gasteiger partial charge < -0.3 is 4.74 Å². The topological polar surface area (TPSA) is 86.5 Å². The number of nitro groups is 1. The van der Waals surface area contributed by atoms with E-state index in [1.807, 2.05) is 0 Å². The van der Waals surface area contributed by atoms with E-state index >= 15 is 0 Å². The number of carbonyl (C=O) groups excluding carboxylic acids is 2. The standard InChI is InChI=1S/C21H13BrClNO5/c22-17-11-8-15(12-18(17)24(27)28)21(26)29-20(14-6-9-16(23)10-7-14)19(25)13-4-2-1-3-5-13/h1-12,20H/t20-/m1/s1. The van der Waals surface area contributed by atoms with E-state index in [9.17, 15) is 19.7 Å². The zero-order chi connectivity index (χ0) is 21.0. The number of ketones is 1. The Labute approximate surface area is 179 Å². The highest BCUT2D eigenvalue weighted by Crippen LogP contribution is 2.29. The monoisotopic (exact) mass is 473 g/mol. The third-order valence-electron chi connectivity index (χ3n) is 4.07. The lowest BCUT2D eigenvalue weighted by molar-refractivity contribution is -0.385. The molecule has 0 fully saturated rings. The maximum atomic E-state index is 13.0. The van der Waals surface area contributed by atoms with Crippen molar-refractivity contribution in [3.63, 3.8) is 0 Å². The molecule has 0 aliphatic rings. The van der Waals surface area contributed by atoms with Gasteiger partial charge in [0, 0.05) is 22.2 Å². The second-order valence-electron chi connectivity index (χ2n) is 5.99. The first-order chi connectivity index (χ1) is 13.9. The first-order valence-corrected chi connectivity index (χ1v) is 9.53. The Morgan fingerprint density at radius 1 is 0.966 bits per heavy atom. The van der Waals surface area contributed by atoms with Gasteiger partial charge in [0.2, 0.25) is 5.78 Å². The van der Waals surface area contributed by atoms with Gasteiger partial charge in [-0.05, 0) is 40.2 Å². The number of carbonyl (C=O) groups is 2. The lowest BCUT2D eigenvalue weighted by atomic mass is 9.99. The minimum atomic E-state index is -1.23. The van der Waals surface area contributed by atoms with Crippen molar-refractivity contribution in [2.45, 2.75) is 6.10 Å². The Morgan fingerprint density at radius 3 is 2.24 bits per heavy atom. The van der Waals surface area contributed by atoms with E-state index in [4.69, 9.17) is 16.3 Å². The SMILES string of the molecule is O=C(O[C@@H](C(=O)c1ccccc1)c1ccc(Cl)cc1)c1ccc(Br)c([N+](=O)[O-])c1. The summed E-state index contributed by atoms with van der Waals surface area (Å²) in [6, 6.07) is 18.6. The van der Waals surface area contributed by atoms with Gasteiger partial charge in [-0.3, -0.25) is 14.9 Å². The Kier molecular flexibility index (Phi) is 6.41. The summed E-state index contributed by atoms with van der Waals surface area (Å²) in [6.45, 7) is 0. The number of nitrogens with zero attached hydrogens (tertiary/aromatic N) is 1. The summed E-state index contributed by atoms with van der Waals surface area (Å²) in [5.41, 5.74) is 0.474. The molecule has 3 rings (SSSR count). The molecule has 3 aromatic rings. The van der Waals surface area contributed by atoms with Crippen molar-refractivity contribution in [3.8, 4) is 0 Å². The number of hydrogen-bond donors (Lipinski definition) is 0. The third kappa shape index (κ3) is 4.88. The van der Waals surface area contributed by atoms with Crippen molar-refractivity contribution in [2.75, 3.05) is 0 Å². The molecule has 3 aromatic carbocycles. The highest BCUT2D eigenvalue weighted by Gasteiger charge is 2.27. The second kappa shape index (κ2) is 8.98. The molecular weight excluding hydrogens is 462 g/mol. The van der Waals surface area contributed by atoms with Crippen LogP contribution in [0.2, 0.25) is 5.02 Å². The van der Waals surface area contributed by atoms with Gasteiger partial charge in [0.1, 0.15) is 0 Å². The predicted octanol–water partition coefficient (Wildman–Crippen LogP) is 5.79. The number of esters is 1.